The summed E-state index contributed by atoms with van der Waals surface area (Å²) in [7, 11) is 4.89. The van der Waals surface area contributed by atoms with Crippen molar-refractivity contribution in [2.75, 3.05) is 47.4 Å². The molecule has 23 heavy (non-hydrogen) atoms. The van der Waals surface area contributed by atoms with Gasteiger partial charge < -0.3 is 19.9 Å². The zero-order chi connectivity index (χ0) is 16.7. The highest BCUT2D eigenvalue weighted by atomic mass is 127. The van der Waals surface area contributed by atoms with Crippen molar-refractivity contribution >= 4 is 41.8 Å². The van der Waals surface area contributed by atoms with Crippen LogP contribution in [0.25, 0.3) is 0 Å². The zero-order valence-corrected chi connectivity index (χ0v) is 17.0. The summed E-state index contributed by atoms with van der Waals surface area (Å²) in [5, 5.41) is 3.22. The first kappa shape index (κ1) is 21.9. The molecule has 2 atom stereocenters. The predicted octanol–water partition coefficient (Wildman–Crippen LogP) is 0.789. The topological polar surface area (TPSA) is 74.2 Å². The van der Waals surface area contributed by atoms with Gasteiger partial charge in [-0.05, 0) is 12.8 Å². The number of ether oxygens (including phenoxy) is 1. The number of esters is 1. The third kappa shape index (κ3) is 6.52. The molecule has 0 aromatic heterocycles. The maximum Gasteiger partial charge on any atom is 0.310 e. The number of aliphatic imine (C=N–C) groups is 1. The zero-order valence-electron chi connectivity index (χ0n) is 14.7. The van der Waals surface area contributed by atoms with Crippen molar-refractivity contribution in [3.8, 4) is 0 Å². The Balaban J connectivity index is 0.00000484. The summed E-state index contributed by atoms with van der Waals surface area (Å²) < 4.78 is 4.86. The van der Waals surface area contributed by atoms with E-state index in [1.807, 2.05) is 13.8 Å². The van der Waals surface area contributed by atoms with Crippen molar-refractivity contribution in [1.82, 2.24) is 15.1 Å². The number of rotatable bonds is 5. The molecular weight excluding hydrogens is 411 g/mol. The van der Waals surface area contributed by atoms with E-state index in [-0.39, 0.29) is 47.7 Å². The minimum Gasteiger partial charge on any atom is -0.469 e. The van der Waals surface area contributed by atoms with Gasteiger partial charge in [0.15, 0.2) is 5.96 Å². The van der Waals surface area contributed by atoms with E-state index < -0.39 is 0 Å². The first-order chi connectivity index (χ1) is 10.4. The van der Waals surface area contributed by atoms with Gasteiger partial charge >= 0.3 is 5.97 Å². The maximum absolute atomic E-state index is 11.8. The Morgan fingerprint density at radius 3 is 2.52 bits per heavy atom. The van der Waals surface area contributed by atoms with Crippen LogP contribution in [0.1, 0.15) is 20.3 Å². The first-order valence-electron chi connectivity index (χ1n) is 7.71. The summed E-state index contributed by atoms with van der Waals surface area (Å²) in [6, 6.07) is 0. The molecule has 2 unspecified atom stereocenters. The van der Waals surface area contributed by atoms with Gasteiger partial charge in [0.2, 0.25) is 5.91 Å². The number of methoxy groups -OCH3 is 1. The van der Waals surface area contributed by atoms with Gasteiger partial charge in [-0.25, -0.2) is 0 Å². The molecule has 8 heteroatoms. The molecular formula is C15H29IN4O3. The maximum atomic E-state index is 11.8. The summed E-state index contributed by atoms with van der Waals surface area (Å²) in [6.45, 7) is 6.58. The molecule has 1 N–H and O–H groups in total. The molecule has 1 fully saturated rings. The Hall–Kier alpha value is -1.06. The molecule has 1 heterocycles. The number of nitrogens with one attached hydrogen (secondary N) is 1. The molecule has 0 aromatic rings. The van der Waals surface area contributed by atoms with Gasteiger partial charge in [0.05, 0.1) is 19.6 Å². The van der Waals surface area contributed by atoms with Gasteiger partial charge in [0.25, 0.3) is 0 Å². The Labute approximate surface area is 155 Å². The number of carbonyl (C=O) groups is 2. The number of guanidine groups is 1. The van der Waals surface area contributed by atoms with Crippen LogP contribution in [0.3, 0.4) is 0 Å². The molecule has 0 aromatic carbocycles. The molecule has 0 saturated carbocycles. The molecule has 7 nitrogen and oxygen atoms in total. The monoisotopic (exact) mass is 440 g/mol. The van der Waals surface area contributed by atoms with Gasteiger partial charge in [-0.1, -0.05) is 6.92 Å². The Kier molecular flexibility index (Phi) is 10.2. The molecule has 0 aliphatic carbocycles. The van der Waals surface area contributed by atoms with E-state index in [2.05, 4.69) is 15.2 Å². The fourth-order valence-corrected chi connectivity index (χ4v) is 2.50. The van der Waals surface area contributed by atoms with Crippen LogP contribution in [-0.2, 0) is 14.3 Å². The van der Waals surface area contributed by atoms with Crippen LogP contribution in [0.2, 0.25) is 0 Å². The molecule has 1 aliphatic rings. The van der Waals surface area contributed by atoms with Gasteiger partial charge in [-0.15, -0.1) is 24.0 Å². The molecule has 1 saturated heterocycles. The molecule has 1 amide bonds. The first-order valence-corrected chi connectivity index (χ1v) is 7.71. The van der Waals surface area contributed by atoms with Gasteiger partial charge in [0.1, 0.15) is 0 Å². The highest BCUT2D eigenvalue weighted by molar-refractivity contribution is 14.0. The lowest BCUT2D eigenvalue weighted by molar-refractivity contribution is -0.146. The van der Waals surface area contributed by atoms with E-state index in [0.717, 1.165) is 19.0 Å². The van der Waals surface area contributed by atoms with Gasteiger partial charge in [0, 0.05) is 40.2 Å². The molecule has 1 rings (SSSR count). The highest BCUT2D eigenvalue weighted by Crippen LogP contribution is 2.24. The highest BCUT2D eigenvalue weighted by Gasteiger charge is 2.36. The minimum absolute atomic E-state index is 0. The van der Waals surface area contributed by atoms with Crippen molar-refractivity contribution < 1.29 is 14.3 Å². The SMILES string of the molecule is CCNC(=NCCC(=O)N(C)C)N1CC(C)C(C(=O)OC)C1.I. The van der Waals surface area contributed by atoms with E-state index >= 15 is 0 Å². The van der Waals surface area contributed by atoms with Crippen LogP contribution in [-0.4, -0.2) is 75.0 Å². The third-order valence-electron chi connectivity index (χ3n) is 3.84. The number of amides is 1. The quantitative estimate of drug-likeness (QED) is 0.296. The lowest BCUT2D eigenvalue weighted by Gasteiger charge is -2.21. The molecule has 134 valence electrons. The lowest BCUT2D eigenvalue weighted by atomic mass is 9.99. The average molecular weight is 440 g/mol. The smallest absolute Gasteiger partial charge is 0.310 e. The Morgan fingerprint density at radius 1 is 1.35 bits per heavy atom. The predicted molar refractivity (Wildman–Crippen MR) is 101 cm³/mol. The molecule has 0 radical (unpaired) electrons. The van der Waals surface area contributed by atoms with E-state index in [1.165, 1.54) is 7.11 Å². The summed E-state index contributed by atoms with van der Waals surface area (Å²) in [5.74, 6) is 0.736. The number of nitrogens with zero attached hydrogens (tertiary/aromatic N) is 3. The molecule has 0 spiro atoms. The molecule has 0 bridgehead atoms. The average Bonchev–Trinajstić information content (AvgIpc) is 2.87. The lowest BCUT2D eigenvalue weighted by Crippen LogP contribution is -2.40. The van der Waals surface area contributed by atoms with E-state index in [0.29, 0.717) is 19.5 Å². The van der Waals surface area contributed by atoms with E-state index in [9.17, 15) is 9.59 Å². The van der Waals surface area contributed by atoms with Gasteiger partial charge in [-0.3, -0.25) is 14.6 Å². The van der Waals surface area contributed by atoms with Crippen LogP contribution >= 0.6 is 24.0 Å². The van der Waals surface area contributed by atoms with Crippen LogP contribution in [0, 0.1) is 11.8 Å². The summed E-state index contributed by atoms with van der Waals surface area (Å²) in [6.07, 6.45) is 0.381. The Morgan fingerprint density at radius 2 is 2.00 bits per heavy atom. The van der Waals surface area contributed by atoms with Crippen molar-refractivity contribution in [2.45, 2.75) is 20.3 Å². The van der Waals surface area contributed by atoms with Crippen LogP contribution < -0.4 is 5.32 Å². The molecule has 1 aliphatic heterocycles. The van der Waals surface area contributed by atoms with Crippen LogP contribution in [0.4, 0.5) is 0 Å². The fraction of sp³-hybridized carbons (Fsp3) is 0.800. The third-order valence-corrected chi connectivity index (χ3v) is 3.84. The van der Waals surface area contributed by atoms with Crippen LogP contribution in [0.15, 0.2) is 4.99 Å². The van der Waals surface area contributed by atoms with Gasteiger partial charge in [-0.2, -0.15) is 0 Å². The van der Waals surface area contributed by atoms with E-state index in [4.69, 9.17) is 4.74 Å². The summed E-state index contributed by atoms with van der Waals surface area (Å²) >= 11 is 0. The summed E-state index contributed by atoms with van der Waals surface area (Å²) in [4.78, 5) is 31.5. The number of hydrogen-bond acceptors (Lipinski definition) is 4. The fourth-order valence-electron chi connectivity index (χ4n) is 2.50. The minimum atomic E-state index is -0.173. The second kappa shape index (κ2) is 10.7. The van der Waals surface area contributed by atoms with E-state index in [1.54, 1.807) is 19.0 Å². The summed E-state index contributed by atoms with van der Waals surface area (Å²) in [5.41, 5.74) is 0. The van der Waals surface area contributed by atoms with Crippen molar-refractivity contribution in [3.63, 3.8) is 0 Å². The second-order valence-electron chi connectivity index (χ2n) is 5.79. The standard InChI is InChI=1S/C15H28N4O3.HI/c1-6-16-15(17-8-7-13(20)18(3)4)19-9-11(2)12(10-19)14(21)22-5;/h11-12H,6-10H2,1-5H3,(H,16,17);1H. The number of carbonyl (C=O) groups excluding carboxylic acids is 2. The van der Waals surface area contributed by atoms with Crippen LogP contribution in [0.5, 0.6) is 0 Å². The van der Waals surface area contributed by atoms with Crippen molar-refractivity contribution in [3.05, 3.63) is 0 Å². The number of hydrogen-bond donors (Lipinski definition) is 1. The van der Waals surface area contributed by atoms with Crippen molar-refractivity contribution in [1.29, 1.82) is 0 Å². The second-order valence-corrected chi connectivity index (χ2v) is 5.79. The Bertz CT molecular complexity index is 429. The normalized spacial score (nSPS) is 20.7. The number of halogens is 1. The van der Waals surface area contributed by atoms with Crippen molar-refractivity contribution in [2.24, 2.45) is 16.8 Å². The largest absolute Gasteiger partial charge is 0.469 e. The number of likely N-dealkylation sites (tertiary alicyclic amines) is 1.